The lowest BCUT2D eigenvalue weighted by Crippen LogP contribution is -2.14. The monoisotopic (exact) mass is 271 g/mol. The van der Waals surface area contributed by atoms with Gasteiger partial charge >= 0.3 is 5.97 Å². The lowest BCUT2D eigenvalue weighted by molar-refractivity contribution is 0.0593. The smallest absolute Gasteiger partial charge is 0.358 e. The first kappa shape index (κ1) is 14.0. The molecule has 0 amide bonds. The van der Waals surface area contributed by atoms with Gasteiger partial charge in [0, 0.05) is 12.7 Å². The third kappa shape index (κ3) is 2.93. The highest BCUT2D eigenvalue weighted by Gasteiger charge is 2.11. The Morgan fingerprint density at radius 3 is 2.55 bits per heavy atom. The summed E-state index contributed by atoms with van der Waals surface area (Å²) in [4.78, 5) is 21.6. The van der Waals surface area contributed by atoms with Crippen molar-refractivity contribution in [3.05, 3.63) is 47.9 Å². The van der Waals surface area contributed by atoms with Crippen molar-refractivity contribution in [3.8, 4) is 0 Å². The molecule has 0 spiro atoms. The van der Waals surface area contributed by atoms with Crippen molar-refractivity contribution in [2.75, 3.05) is 19.1 Å². The molecule has 1 aromatic carbocycles. The fraction of sp³-hybridized carbons (Fsp3) is 0.267. The third-order valence-corrected chi connectivity index (χ3v) is 3.09. The van der Waals surface area contributed by atoms with E-state index in [-0.39, 0.29) is 5.69 Å². The first-order valence-corrected chi connectivity index (χ1v) is 6.38. The highest BCUT2D eigenvalue weighted by Crippen LogP contribution is 2.21. The van der Waals surface area contributed by atoms with Crippen LogP contribution in [0.15, 0.2) is 36.7 Å². The number of carbonyl (C=O) groups is 1. The Labute approximate surface area is 118 Å². The minimum absolute atomic E-state index is 0.196. The van der Waals surface area contributed by atoms with Crippen LogP contribution >= 0.6 is 0 Å². The van der Waals surface area contributed by atoms with Crippen molar-refractivity contribution in [2.24, 2.45) is 0 Å². The van der Waals surface area contributed by atoms with Crippen LogP contribution in [0.1, 0.15) is 23.0 Å². The minimum Gasteiger partial charge on any atom is -0.464 e. The quantitative estimate of drug-likeness (QED) is 0.800. The molecule has 2 aromatic rings. The van der Waals surface area contributed by atoms with E-state index in [2.05, 4.69) is 33.8 Å². The summed E-state index contributed by atoms with van der Waals surface area (Å²) in [6.45, 7) is 2.12. The predicted octanol–water partition coefficient (Wildman–Crippen LogP) is 2.59. The summed E-state index contributed by atoms with van der Waals surface area (Å²) in [7, 11) is 3.20. The number of anilines is 2. The van der Waals surface area contributed by atoms with Crippen molar-refractivity contribution in [3.63, 3.8) is 0 Å². The number of carbonyl (C=O) groups excluding carboxylic acids is 1. The molecule has 0 aliphatic carbocycles. The van der Waals surface area contributed by atoms with Gasteiger partial charge in [-0.1, -0.05) is 19.1 Å². The molecule has 0 aliphatic rings. The minimum atomic E-state index is -0.492. The summed E-state index contributed by atoms with van der Waals surface area (Å²) in [5, 5.41) is 0. The van der Waals surface area contributed by atoms with Crippen LogP contribution in [0, 0.1) is 0 Å². The van der Waals surface area contributed by atoms with Gasteiger partial charge in [0.1, 0.15) is 0 Å². The molecule has 1 aromatic heterocycles. The molecule has 5 nitrogen and oxygen atoms in total. The summed E-state index contributed by atoms with van der Waals surface area (Å²) in [6.07, 6.45) is 4.01. The second-order valence-corrected chi connectivity index (χ2v) is 4.33. The maximum Gasteiger partial charge on any atom is 0.358 e. The zero-order valence-corrected chi connectivity index (χ0v) is 11.8. The largest absolute Gasteiger partial charge is 0.464 e. The molecule has 0 aliphatic heterocycles. The predicted molar refractivity (Wildman–Crippen MR) is 77.3 cm³/mol. The highest BCUT2D eigenvalue weighted by molar-refractivity contribution is 5.87. The van der Waals surface area contributed by atoms with E-state index in [0.29, 0.717) is 5.82 Å². The lowest BCUT2D eigenvalue weighted by atomic mass is 10.1. The summed E-state index contributed by atoms with van der Waals surface area (Å²) in [6, 6.07) is 8.18. The Morgan fingerprint density at radius 1 is 1.25 bits per heavy atom. The number of nitrogens with zero attached hydrogens (tertiary/aromatic N) is 3. The maximum atomic E-state index is 11.5. The second-order valence-electron chi connectivity index (χ2n) is 4.33. The van der Waals surface area contributed by atoms with Gasteiger partial charge in [0.05, 0.1) is 19.5 Å². The Hall–Kier alpha value is -2.43. The number of aryl methyl sites for hydroxylation is 1. The van der Waals surface area contributed by atoms with Crippen LogP contribution in [-0.4, -0.2) is 30.1 Å². The Balaban J connectivity index is 2.27. The topological polar surface area (TPSA) is 55.3 Å². The molecular formula is C15H17N3O2. The SMILES string of the molecule is CCc1ccc(N(C)c2cncc(C(=O)OC)n2)cc1. The van der Waals surface area contributed by atoms with Crippen molar-refractivity contribution in [2.45, 2.75) is 13.3 Å². The molecule has 0 unspecified atom stereocenters. The third-order valence-electron chi connectivity index (χ3n) is 3.09. The number of ether oxygens (including phenoxy) is 1. The normalized spacial score (nSPS) is 10.2. The molecule has 0 radical (unpaired) electrons. The summed E-state index contributed by atoms with van der Waals surface area (Å²) in [5.74, 6) is 0.103. The van der Waals surface area contributed by atoms with E-state index >= 15 is 0 Å². The average molecular weight is 271 g/mol. The van der Waals surface area contributed by atoms with E-state index in [0.717, 1.165) is 12.1 Å². The number of hydrogen-bond donors (Lipinski definition) is 0. The van der Waals surface area contributed by atoms with Crippen LogP contribution in [0.2, 0.25) is 0 Å². The molecule has 5 heteroatoms. The molecule has 20 heavy (non-hydrogen) atoms. The van der Waals surface area contributed by atoms with Gasteiger partial charge in [0.2, 0.25) is 0 Å². The molecule has 0 bridgehead atoms. The summed E-state index contributed by atoms with van der Waals surface area (Å²) in [5.41, 5.74) is 2.46. The molecule has 2 rings (SSSR count). The summed E-state index contributed by atoms with van der Waals surface area (Å²) < 4.78 is 4.65. The fourth-order valence-electron chi connectivity index (χ4n) is 1.81. The number of aromatic nitrogens is 2. The van der Waals surface area contributed by atoms with Crippen molar-refractivity contribution >= 4 is 17.5 Å². The zero-order chi connectivity index (χ0) is 14.5. The number of methoxy groups -OCH3 is 1. The van der Waals surface area contributed by atoms with Gasteiger partial charge in [-0.05, 0) is 24.1 Å². The van der Waals surface area contributed by atoms with Gasteiger partial charge in [0.15, 0.2) is 11.5 Å². The van der Waals surface area contributed by atoms with Gasteiger partial charge in [-0.25, -0.2) is 9.78 Å². The Kier molecular flexibility index (Phi) is 4.30. The Morgan fingerprint density at radius 2 is 1.95 bits per heavy atom. The van der Waals surface area contributed by atoms with Gasteiger partial charge in [0.25, 0.3) is 0 Å². The average Bonchev–Trinajstić information content (AvgIpc) is 2.53. The van der Waals surface area contributed by atoms with Crippen LogP contribution in [0.3, 0.4) is 0 Å². The van der Waals surface area contributed by atoms with Crippen molar-refractivity contribution < 1.29 is 9.53 Å². The molecule has 0 saturated heterocycles. The van der Waals surface area contributed by atoms with Crippen LogP contribution in [0.25, 0.3) is 0 Å². The van der Waals surface area contributed by atoms with E-state index in [9.17, 15) is 4.79 Å². The van der Waals surface area contributed by atoms with E-state index in [1.807, 2.05) is 24.1 Å². The van der Waals surface area contributed by atoms with Gasteiger partial charge < -0.3 is 9.64 Å². The van der Waals surface area contributed by atoms with E-state index in [1.165, 1.54) is 18.9 Å². The number of hydrogen-bond acceptors (Lipinski definition) is 5. The first-order chi connectivity index (χ1) is 9.65. The molecule has 0 N–H and O–H groups in total. The zero-order valence-electron chi connectivity index (χ0n) is 11.8. The molecule has 0 fully saturated rings. The van der Waals surface area contributed by atoms with Crippen LogP contribution in [-0.2, 0) is 11.2 Å². The van der Waals surface area contributed by atoms with Crippen LogP contribution in [0.5, 0.6) is 0 Å². The van der Waals surface area contributed by atoms with E-state index in [4.69, 9.17) is 0 Å². The molecule has 104 valence electrons. The summed E-state index contributed by atoms with van der Waals surface area (Å²) >= 11 is 0. The fourth-order valence-corrected chi connectivity index (χ4v) is 1.81. The van der Waals surface area contributed by atoms with Gasteiger partial charge in [-0.2, -0.15) is 0 Å². The molecule has 0 saturated carbocycles. The maximum absolute atomic E-state index is 11.5. The van der Waals surface area contributed by atoms with Gasteiger partial charge in [-0.15, -0.1) is 0 Å². The van der Waals surface area contributed by atoms with Crippen LogP contribution in [0.4, 0.5) is 11.5 Å². The number of esters is 1. The van der Waals surface area contributed by atoms with Crippen LogP contribution < -0.4 is 4.90 Å². The molecular weight excluding hydrogens is 254 g/mol. The lowest BCUT2D eigenvalue weighted by Gasteiger charge is -2.18. The van der Waals surface area contributed by atoms with Crippen molar-refractivity contribution in [1.29, 1.82) is 0 Å². The van der Waals surface area contributed by atoms with E-state index in [1.54, 1.807) is 6.20 Å². The molecule has 0 atom stereocenters. The molecule has 1 heterocycles. The van der Waals surface area contributed by atoms with Crippen molar-refractivity contribution in [1.82, 2.24) is 9.97 Å². The highest BCUT2D eigenvalue weighted by atomic mass is 16.5. The Bertz CT molecular complexity index is 596. The van der Waals surface area contributed by atoms with E-state index < -0.39 is 5.97 Å². The number of benzene rings is 1. The number of rotatable bonds is 4. The standard InChI is InChI=1S/C15H17N3O2/c1-4-11-5-7-12(8-6-11)18(2)14-10-16-9-13(17-14)15(19)20-3/h5-10H,4H2,1-3H3. The second kappa shape index (κ2) is 6.14. The first-order valence-electron chi connectivity index (χ1n) is 6.38. The van der Waals surface area contributed by atoms with Gasteiger partial charge in [-0.3, -0.25) is 4.98 Å².